The summed E-state index contributed by atoms with van der Waals surface area (Å²) in [5.74, 6) is 1.87. The van der Waals surface area contributed by atoms with E-state index in [1.807, 2.05) is 12.1 Å². The molecule has 1 aromatic rings. The van der Waals surface area contributed by atoms with Crippen molar-refractivity contribution in [2.24, 2.45) is 4.99 Å². The Kier molecular flexibility index (Phi) is 8.75. The molecule has 0 aromatic heterocycles. The molecular weight excluding hydrogens is 324 g/mol. The third-order valence-electron chi connectivity index (χ3n) is 4.81. The first-order chi connectivity index (χ1) is 12.6. The van der Waals surface area contributed by atoms with Gasteiger partial charge in [0, 0.05) is 44.7 Å². The zero-order chi connectivity index (χ0) is 18.8. The molecule has 5 nitrogen and oxygen atoms in total. The number of nitrogens with zero attached hydrogens (tertiary/aromatic N) is 2. The predicted octanol–water partition coefficient (Wildman–Crippen LogP) is 3.19. The lowest BCUT2D eigenvalue weighted by Crippen LogP contribution is -2.49. The van der Waals surface area contributed by atoms with Crippen molar-refractivity contribution < 1.29 is 4.74 Å². The van der Waals surface area contributed by atoms with Crippen LogP contribution in [0.1, 0.15) is 45.6 Å². The minimum Gasteiger partial charge on any atom is -0.494 e. The lowest BCUT2D eigenvalue weighted by molar-refractivity contribution is 0.167. The number of hydrogen-bond donors (Lipinski definition) is 2. The maximum absolute atomic E-state index is 5.77. The van der Waals surface area contributed by atoms with E-state index in [2.05, 4.69) is 55.4 Å². The number of benzene rings is 1. The van der Waals surface area contributed by atoms with E-state index in [0.29, 0.717) is 18.7 Å². The number of hydrogen-bond acceptors (Lipinski definition) is 3. The molecule has 26 heavy (non-hydrogen) atoms. The molecule has 1 aromatic carbocycles. The molecular formula is C21H36N4O. The Morgan fingerprint density at radius 3 is 2.54 bits per heavy atom. The minimum atomic E-state index is 0.520. The first-order valence-corrected chi connectivity index (χ1v) is 10.1. The number of aryl methyl sites for hydroxylation is 1. The Morgan fingerprint density at radius 1 is 1.23 bits per heavy atom. The summed E-state index contributed by atoms with van der Waals surface area (Å²) in [6.45, 7) is 13.4. The second-order valence-corrected chi connectivity index (χ2v) is 7.32. The fraction of sp³-hybridized carbons (Fsp3) is 0.667. The quantitative estimate of drug-likeness (QED) is 0.425. The average Bonchev–Trinajstić information content (AvgIpc) is 2.63. The summed E-state index contributed by atoms with van der Waals surface area (Å²) in [4.78, 5) is 7.25. The maximum Gasteiger partial charge on any atom is 0.191 e. The summed E-state index contributed by atoms with van der Waals surface area (Å²) in [6, 6.07) is 9.36. The van der Waals surface area contributed by atoms with Crippen molar-refractivity contribution >= 4 is 5.96 Å². The maximum atomic E-state index is 5.77. The van der Waals surface area contributed by atoms with Crippen molar-refractivity contribution in [3.8, 4) is 5.75 Å². The first kappa shape index (κ1) is 20.6. The van der Waals surface area contributed by atoms with Gasteiger partial charge in [-0.2, -0.15) is 0 Å². The Balaban J connectivity index is 1.70. The van der Waals surface area contributed by atoms with Gasteiger partial charge in [-0.25, -0.2) is 0 Å². The smallest absolute Gasteiger partial charge is 0.191 e. The van der Waals surface area contributed by atoms with E-state index in [4.69, 9.17) is 9.73 Å². The Hall–Kier alpha value is -1.75. The summed E-state index contributed by atoms with van der Waals surface area (Å²) < 4.78 is 5.77. The first-order valence-electron chi connectivity index (χ1n) is 10.1. The van der Waals surface area contributed by atoms with E-state index in [1.54, 1.807) is 0 Å². The molecule has 0 saturated carbocycles. The number of aliphatic imine (C=N–C) groups is 1. The third-order valence-corrected chi connectivity index (χ3v) is 4.81. The number of piperidine rings is 1. The van der Waals surface area contributed by atoms with Gasteiger partial charge in [0.15, 0.2) is 5.96 Å². The van der Waals surface area contributed by atoms with Gasteiger partial charge in [-0.1, -0.05) is 17.7 Å². The molecule has 0 unspecified atom stereocenters. The van der Waals surface area contributed by atoms with Gasteiger partial charge in [0.25, 0.3) is 0 Å². The van der Waals surface area contributed by atoms with Crippen molar-refractivity contribution in [3.05, 3.63) is 29.8 Å². The highest BCUT2D eigenvalue weighted by Gasteiger charge is 2.21. The van der Waals surface area contributed by atoms with Crippen LogP contribution in [-0.4, -0.2) is 55.7 Å². The summed E-state index contributed by atoms with van der Waals surface area (Å²) in [5, 5.41) is 6.97. The van der Waals surface area contributed by atoms with Crippen LogP contribution in [-0.2, 0) is 0 Å². The molecule has 1 aliphatic rings. The normalized spacial score (nSPS) is 16.7. The Labute approximate surface area is 159 Å². The van der Waals surface area contributed by atoms with E-state index in [-0.39, 0.29) is 0 Å². The van der Waals surface area contributed by atoms with Gasteiger partial charge in [-0.3, -0.25) is 4.99 Å². The van der Waals surface area contributed by atoms with Crippen LogP contribution in [0, 0.1) is 6.92 Å². The lowest BCUT2D eigenvalue weighted by Gasteiger charge is -2.35. The van der Waals surface area contributed by atoms with E-state index >= 15 is 0 Å². The van der Waals surface area contributed by atoms with Crippen molar-refractivity contribution in [1.29, 1.82) is 0 Å². The molecule has 5 heteroatoms. The van der Waals surface area contributed by atoms with Crippen molar-refractivity contribution in [2.75, 3.05) is 32.8 Å². The molecule has 2 rings (SSSR count). The van der Waals surface area contributed by atoms with Gasteiger partial charge in [0.1, 0.15) is 5.75 Å². The van der Waals surface area contributed by atoms with Crippen LogP contribution < -0.4 is 15.4 Å². The number of nitrogens with one attached hydrogen (secondary N) is 2. The second kappa shape index (κ2) is 11.1. The average molecular weight is 361 g/mol. The fourth-order valence-electron chi connectivity index (χ4n) is 3.15. The molecule has 1 fully saturated rings. The predicted molar refractivity (Wildman–Crippen MR) is 110 cm³/mol. The zero-order valence-corrected chi connectivity index (χ0v) is 16.9. The molecule has 0 aliphatic carbocycles. The number of likely N-dealkylation sites (tertiary alicyclic amines) is 1. The van der Waals surface area contributed by atoms with Gasteiger partial charge in [0.2, 0.25) is 0 Å². The molecule has 2 N–H and O–H groups in total. The van der Waals surface area contributed by atoms with Crippen LogP contribution in [0.4, 0.5) is 0 Å². The minimum absolute atomic E-state index is 0.520. The highest BCUT2D eigenvalue weighted by atomic mass is 16.5. The van der Waals surface area contributed by atoms with Crippen LogP contribution in [0.25, 0.3) is 0 Å². The topological polar surface area (TPSA) is 48.9 Å². The monoisotopic (exact) mass is 360 g/mol. The Bertz CT molecular complexity index is 533. The molecule has 0 amide bonds. The van der Waals surface area contributed by atoms with Gasteiger partial charge in [0.05, 0.1) is 6.61 Å². The van der Waals surface area contributed by atoms with E-state index in [1.165, 1.54) is 31.5 Å². The molecule has 146 valence electrons. The highest BCUT2D eigenvalue weighted by molar-refractivity contribution is 5.80. The highest BCUT2D eigenvalue weighted by Crippen LogP contribution is 2.13. The van der Waals surface area contributed by atoms with Crippen LogP contribution in [0.2, 0.25) is 0 Å². The van der Waals surface area contributed by atoms with Crippen LogP contribution >= 0.6 is 0 Å². The molecule has 1 saturated heterocycles. The SMILES string of the molecule is CCNC(=NCCCOc1ccc(C)cc1)NC1CCN(C(C)C)CC1. The fourth-order valence-corrected chi connectivity index (χ4v) is 3.15. The molecule has 1 heterocycles. The van der Waals surface area contributed by atoms with E-state index < -0.39 is 0 Å². The van der Waals surface area contributed by atoms with Crippen molar-refractivity contribution in [3.63, 3.8) is 0 Å². The standard InChI is InChI=1S/C21H36N4O/c1-5-22-21(24-19-11-14-25(15-12-19)17(2)3)23-13-6-16-26-20-9-7-18(4)8-10-20/h7-10,17,19H,5-6,11-16H2,1-4H3,(H2,22,23,24). The molecule has 1 aliphatic heterocycles. The molecule has 0 spiro atoms. The van der Waals surface area contributed by atoms with Crippen LogP contribution in [0.5, 0.6) is 5.75 Å². The largest absolute Gasteiger partial charge is 0.494 e. The van der Waals surface area contributed by atoms with Crippen LogP contribution in [0.15, 0.2) is 29.3 Å². The van der Waals surface area contributed by atoms with Crippen molar-refractivity contribution in [2.45, 2.75) is 59.0 Å². The summed E-state index contributed by atoms with van der Waals surface area (Å²) in [6.07, 6.45) is 3.27. The number of guanidine groups is 1. The second-order valence-electron chi connectivity index (χ2n) is 7.32. The summed E-state index contributed by atoms with van der Waals surface area (Å²) in [7, 11) is 0. The lowest BCUT2D eigenvalue weighted by atomic mass is 10.0. The van der Waals surface area contributed by atoms with Gasteiger partial charge in [-0.05, 0) is 52.7 Å². The molecule has 0 atom stereocenters. The van der Waals surface area contributed by atoms with Crippen LogP contribution in [0.3, 0.4) is 0 Å². The van der Waals surface area contributed by atoms with E-state index in [0.717, 1.165) is 31.2 Å². The number of rotatable bonds is 8. The summed E-state index contributed by atoms with van der Waals surface area (Å²) >= 11 is 0. The van der Waals surface area contributed by atoms with Gasteiger partial charge in [-0.15, -0.1) is 0 Å². The molecule has 0 radical (unpaired) electrons. The number of ether oxygens (including phenoxy) is 1. The third kappa shape index (κ3) is 7.24. The zero-order valence-electron chi connectivity index (χ0n) is 16.9. The van der Waals surface area contributed by atoms with Gasteiger partial charge < -0.3 is 20.3 Å². The Morgan fingerprint density at radius 2 is 1.92 bits per heavy atom. The molecule has 0 bridgehead atoms. The summed E-state index contributed by atoms with van der Waals surface area (Å²) in [5.41, 5.74) is 1.25. The van der Waals surface area contributed by atoms with Crippen molar-refractivity contribution in [1.82, 2.24) is 15.5 Å². The van der Waals surface area contributed by atoms with E-state index in [9.17, 15) is 0 Å². The van der Waals surface area contributed by atoms with Gasteiger partial charge >= 0.3 is 0 Å².